The molecule has 0 spiro atoms. The van der Waals surface area contributed by atoms with Gasteiger partial charge in [-0.25, -0.2) is 0 Å². The molecule has 1 N–H and O–H groups in total. The molecule has 3 heteroatoms. The summed E-state index contributed by atoms with van der Waals surface area (Å²) in [4.78, 5) is 4.06. The van der Waals surface area contributed by atoms with Crippen LogP contribution in [0.2, 0.25) is 0 Å². The van der Waals surface area contributed by atoms with E-state index in [0.29, 0.717) is 0 Å². The second-order valence-corrected chi connectivity index (χ2v) is 4.24. The van der Waals surface area contributed by atoms with E-state index in [1.165, 1.54) is 0 Å². The maximum absolute atomic E-state index is 10.4. The zero-order valence-corrected chi connectivity index (χ0v) is 10.6. The first-order valence-corrected chi connectivity index (χ1v) is 5.90. The Morgan fingerprint density at radius 1 is 1.17 bits per heavy atom. The number of methoxy groups -OCH3 is 1. The number of pyridine rings is 1. The van der Waals surface area contributed by atoms with E-state index >= 15 is 0 Å². The van der Waals surface area contributed by atoms with E-state index in [4.69, 9.17) is 4.74 Å². The van der Waals surface area contributed by atoms with E-state index in [-0.39, 0.29) is 6.10 Å². The summed E-state index contributed by atoms with van der Waals surface area (Å²) in [6.45, 7) is 1.96. The fourth-order valence-electron chi connectivity index (χ4n) is 2.04. The van der Waals surface area contributed by atoms with Gasteiger partial charge in [-0.05, 0) is 24.1 Å². The number of aliphatic hydroxyl groups is 1. The standard InChI is InChI=1S/C15H17NO2/c1-11-8-9-16-10-13(11)14(17)15(18-2)12-6-4-3-5-7-12/h3-10,14-15,17H,1-2H3. The Bertz CT molecular complexity index is 499. The molecule has 94 valence electrons. The molecule has 2 rings (SSSR count). The van der Waals surface area contributed by atoms with Crippen LogP contribution in [0.25, 0.3) is 0 Å². The fraction of sp³-hybridized carbons (Fsp3) is 0.267. The highest BCUT2D eigenvalue weighted by atomic mass is 16.5. The van der Waals surface area contributed by atoms with E-state index in [2.05, 4.69) is 4.98 Å². The first kappa shape index (κ1) is 12.7. The van der Waals surface area contributed by atoms with Crippen molar-refractivity contribution in [3.63, 3.8) is 0 Å². The molecule has 1 aromatic carbocycles. The molecule has 0 saturated carbocycles. The highest BCUT2D eigenvalue weighted by Gasteiger charge is 2.23. The van der Waals surface area contributed by atoms with Gasteiger partial charge in [-0.15, -0.1) is 0 Å². The number of aliphatic hydroxyl groups excluding tert-OH is 1. The Balaban J connectivity index is 2.32. The minimum atomic E-state index is -0.717. The lowest BCUT2D eigenvalue weighted by atomic mass is 9.97. The lowest BCUT2D eigenvalue weighted by Crippen LogP contribution is -2.14. The molecular weight excluding hydrogens is 226 g/mol. The van der Waals surface area contributed by atoms with Crippen molar-refractivity contribution >= 4 is 0 Å². The van der Waals surface area contributed by atoms with Crippen LogP contribution in [0.1, 0.15) is 28.9 Å². The summed E-state index contributed by atoms with van der Waals surface area (Å²) in [6.07, 6.45) is 2.31. The van der Waals surface area contributed by atoms with Crippen LogP contribution in [-0.2, 0) is 4.74 Å². The molecule has 0 aliphatic heterocycles. The van der Waals surface area contributed by atoms with Gasteiger partial charge in [0.15, 0.2) is 0 Å². The van der Waals surface area contributed by atoms with E-state index in [1.54, 1.807) is 19.5 Å². The Labute approximate surface area is 107 Å². The summed E-state index contributed by atoms with van der Waals surface area (Å²) in [7, 11) is 1.60. The van der Waals surface area contributed by atoms with Crippen LogP contribution in [0.5, 0.6) is 0 Å². The molecular formula is C15H17NO2. The minimum Gasteiger partial charge on any atom is -0.385 e. The maximum atomic E-state index is 10.4. The lowest BCUT2D eigenvalue weighted by molar-refractivity contribution is -0.0153. The minimum absolute atomic E-state index is 0.380. The van der Waals surface area contributed by atoms with Crippen LogP contribution >= 0.6 is 0 Å². The van der Waals surface area contributed by atoms with Crippen LogP contribution in [0.15, 0.2) is 48.8 Å². The van der Waals surface area contributed by atoms with Crippen molar-refractivity contribution in [3.05, 3.63) is 65.5 Å². The molecule has 2 unspecified atom stereocenters. The third-order valence-corrected chi connectivity index (χ3v) is 3.07. The number of ether oxygens (including phenoxy) is 1. The molecule has 0 radical (unpaired) electrons. The van der Waals surface area contributed by atoms with Gasteiger partial charge in [0.25, 0.3) is 0 Å². The molecule has 2 atom stereocenters. The van der Waals surface area contributed by atoms with Crippen molar-refractivity contribution < 1.29 is 9.84 Å². The summed E-state index contributed by atoms with van der Waals surface area (Å²) < 4.78 is 5.43. The molecule has 18 heavy (non-hydrogen) atoms. The summed E-state index contributed by atoms with van der Waals surface area (Å²) in [5.41, 5.74) is 2.76. The highest BCUT2D eigenvalue weighted by molar-refractivity contribution is 5.28. The Kier molecular flexibility index (Phi) is 4.07. The molecule has 0 amide bonds. The molecule has 0 fully saturated rings. The van der Waals surface area contributed by atoms with Crippen LogP contribution in [0, 0.1) is 6.92 Å². The van der Waals surface area contributed by atoms with Gasteiger partial charge < -0.3 is 9.84 Å². The van der Waals surface area contributed by atoms with Gasteiger partial charge in [0.1, 0.15) is 12.2 Å². The van der Waals surface area contributed by atoms with E-state index in [9.17, 15) is 5.11 Å². The third-order valence-electron chi connectivity index (χ3n) is 3.07. The topological polar surface area (TPSA) is 42.4 Å². The molecule has 0 bridgehead atoms. The summed E-state index contributed by atoms with van der Waals surface area (Å²) in [6, 6.07) is 11.6. The van der Waals surface area contributed by atoms with E-state index in [0.717, 1.165) is 16.7 Å². The average molecular weight is 243 g/mol. The summed E-state index contributed by atoms with van der Waals surface area (Å²) in [5, 5.41) is 10.4. The smallest absolute Gasteiger partial charge is 0.112 e. The number of nitrogens with zero attached hydrogens (tertiary/aromatic N) is 1. The Hall–Kier alpha value is -1.71. The van der Waals surface area contributed by atoms with Gasteiger partial charge in [-0.2, -0.15) is 0 Å². The van der Waals surface area contributed by atoms with Crippen LogP contribution in [0.3, 0.4) is 0 Å². The number of hydrogen-bond acceptors (Lipinski definition) is 3. The normalized spacial score (nSPS) is 14.2. The SMILES string of the molecule is COC(c1ccccc1)C(O)c1cnccc1C. The second-order valence-electron chi connectivity index (χ2n) is 4.24. The molecule has 0 saturated heterocycles. The molecule has 3 nitrogen and oxygen atoms in total. The van der Waals surface area contributed by atoms with Gasteiger partial charge in [0.2, 0.25) is 0 Å². The first-order chi connectivity index (χ1) is 8.74. The number of aryl methyl sites for hydroxylation is 1. The predicted molar refractivity (Wildman–Crippen MR) is 70.1 cm³/mol. The van der Waals surface area contributed by atoms with Crippen LogP contribution in [-0.4, -0.2) is 17.2 Å². The van der Waals surface area contributed by atoms with Crippen molar-refractivity contribution in [3.8, 4) is 0 Å². The zero-order chi connectivity index (χ0) is 13.0. The van der Waals surface area contributed by atoms with E-state index in [1.807, 2.05) is 43.3 Å². The lowest BCUT2D eigenvalue weighted by Gasteiger charge is -2.23. The number of hydrogen-bond donors (Lipinski definition) is 1. The predicted octanol–water partition coefficient (Wildman–Crippen LogP) is 2.81. The molecule has 1 aromatic heterocycles. The summed E-state index contributed by atoms with van der Waals surface area (Å²) in [5.74, 6) is 0. The third kappa shape index (κ3) is 2.58. The Morgan fingerprint density at radius 3 is 2.50 bits per heavy atom. The van der Waals surface area contributed by atoms with Gasteiger partial charge in [-0.3, -0.25) is 4.98 Å². The van der Waals surface area contributed by atoms with Gasteiger partial charge in [0.05, 0.1) is 0 Å². The highest BCUT2D eigenvalue weighted by Crippen LogP contribution is 2.32. The first-order valence-electron chi connectivity index (χ1n) is 5.90. The maximum Gasteiger partial charge on any atom is 0.112 e. The number of aromatic nitrogens is 1. The van der Waals surface area contributed by atoms with Crippen LogP contribution < -0.4 is 0 Å². The van der Waals surface area contributed by atoms with Gasteiger partial charge in [0, 0.05) is 25.1 Å². The fourth-order valence-corrected chi connectivity index (χ4v) is 2.04. The zero-order valence-electron chi connectivity index (χ0n) is 10.6. The second kappa shape index (κ2) is 5.76. The van der Waals surface area contributed by atoms with Crippen molar-refractivity contribution in [1.82, 2.24) is 4.98 Å². The van der Waals surface area contributed by atoms with Gasteiger partial charge >= 0.3 is 0 Å². The number of benzene rings is 1. The molecule has 2 aromatic rings. The molecule has 0 aliphatic rings. The Morgan fingerprint density at radius 2 is 1.89 bits per heavy atom. The average Bonchev–Trinajstić information content (AvgIpc) is 2.41. The largest absolute Gasteiger partial charge is 0.385 e. The monoisotopic (exact) mass is 243 g/mol. The van der Waals surface area contributed by atoms with Gasteiger partial charge in [-0.1, -0.05) is 30.3 Å². The quantitative estimate of drug-likeness (QED) is 0.897. The van der Waals surface area contributed by atoms with Crippen LogP contribution in [0.4, 0.5) is 0 Å². The van der Waals surface area contributed by atoms with Crippen molar-refractivity contribution in [2.24, 2.45) is 0 Å². The van der Waals surface area contributed by atoms with Crippen molar-refractivity contribution in [2.45, 2.75) is 19.1 Å². The van der Waals surface area contributed by atoms with Crippen molar-refractivity contribution in [2.75, 3.05) is 7.11 Å². The molecule has 1 heterocycles. The number of rotatable bonds is 4. The van der Waals surface area contributed by atoms with E-state index < -0.39 is 6.10 Å². The molecule has 0 aliphatic carbocycles. The van der Waals surface area contributed by atoms with Crippen molar-refractivity contribution in [1.29, 1.82) is 0 Å². The summed E-state index contributed by atoms with van der Waals surface area (Å²) >= 11 is 0.